The number of benzene rings is 4. The minimum Gasteiger partial charge on any atom is -0.489 e. The summed E-state index contributed by atoms with van der Waals surface area (Å²) in [6, 6.07) is 26.0. The number of hydrogen-bond donors (Lipinski definition) is 2. The maximum atomic E-state index is 13.2. The van der Waals surface area contributed by atoms with E-state index in [-0.39, 0.29) is 11.7 Å². The summed E-state index contributed by atoms with van der Waals surface area (Å²) < 4.78 is 19.4. The number of fused-ring (bicyclic) bond motifs is 1. The highest BCUT2D eigenvalue weighted by molar-refractivity contribution is 5.95. The highest BCUT2D eigenvalue weighted by Crippen LogP contribution is 2.30. The third-order valence-corrected chi connectivity index (χ3v) is 5.57. The van der Waals surface area contributed by atoms with Crippen LogP contribution in [0.5, 0.6) is 5.75 Å². The van der Waals surface area contributed by atoms with Crippen molar-refractivity contribution >= 4 is 22.4 Å². The van der Waals surface area contributed by atoms with Crippen LogP contribution in [0.3, 0.4) is 0 Å². The number of halogens is 1. The minimum absolute atomic E-state index is 0.0779. The van der Waals surface area contributed by atoms with Crippen molar-refractivity contribution in [3.05, 3.63) is 107 Å². The van der Waals surface area contributed by atoms with Crippen LogP contribution in [0.15, 0.2) is 84.9 Å². The summed E-state index contributed by atoms with van der Waals surface area (Å²) in [6.45, 7) is 5.64. The minimum atomic E-state index is -0.264. The standard InChI is InChI=1S/C29H29FN2O2/c1-20(2)17-32-29(33)23-7-5-8-25(16-23)31-18-27-26-9-4-3-6-22(26)12-15-28(27)34-19-21-10-13-24(30)14-11-21/h3-16,20,31H,17-19H2,1-2H3,(H,32,33). The van der Waals surface area contributed by atoms with Gasteiger partial charge in [0.2, 0.25) is 0 Å². The quantitative estimate of drug-likeness (QED) is 0.300. The Morgan fingerprint density at radius 3 is 2.53 bits per heavy atom. The first-order chi connectivity index (χ1) is 16.5. The highest BCUT2D eigenvalue weighted by atomic mass is 19.1. The molecule has 4 nitrogen and oxygen atoms in total. The van der Waals surface area contributed by atoms with Gasteiger partial charge in [0.25, 0.3) is 5.91 Å². The Bertz CT molecular complexity index is 1270. The summed E-state index contributed by atoms with van der Waals surface area (Å²) >= 11 is 0. The Hall–Kier alpha value is -3.86. The van der Waals surface area contributed by atoms with E-state index in [4.69, 9.17) is 4.74 Å². The molecule has 0 aliphatic rings. The lowest BCUT2D eigenvalue weighted by Gasteiger charge is -2.16. The monoisotopic (exact) mass is 456 g/mol. The van der Waals surface area contributed by atoms with Crippen molar-refractivity contribution in [3.8, 4) is 5.75 Å². The number of rotatable bonds is 9. The maximum Gasteiger partial charge on any atom is 0.251 e. The van der Waals surface area contributed by atoms with Gasteiger partial charge in [-0.1, -0.05) is 62.4 Å². The molecule has 0 atom stereocenters. The third kappa shape index (κ3) is 5.93. The van der Waals surface area contributed by atoms with E-state index < -0.39 is 0 Å². The molecular weight excluding hydrogens is 427 g/mol. The topological polar surface area (TPSA) is 50.4 Å². The second-order valence-electron chi connectivity index (χ2n) is 8.72. The molecule has 0 bridgehead atoms. The molecule has 0 spiro atoms. The number of nitrogens with one attached hydrogen (secondary N) is 2. The van der Waals surface area contributed by atoms with Gasteiger partial charge in [-0.2, -0.15) is 0 Å². The van der Waals surface area contributed by atoms with Crippen LogP contribution in [-0.4, -0.2) is 12.5 Å². The molecular formula is C29H29FN2O2. The Kier molecular flexibility index (Phi) is 7.43. The van der Waals surface area contributed by atoms with Crippen LogP contribution in [-0.2, 0) is 13.2 Å². The molecule has 0 aromatic heterocycles. The number of anilines is 1. The second-order valence-corrected chi connectivity index (χ2v) is 8.72. The molecule has 0 saturated heterocycles. The lowest BCUT2D eigenvalue weighted by atomic mass is 10.0. The Morgan fingerprint density at radius 1 is 0.941 bits per heavy atom. The Labute approximate surface area is 199 Å². The molecule has 0 unspecified atom stereocenters. The fourth-order valence-corrected chi connectivity index (χ4v) is 3.73. The highest BCUT2D eigenvalue weighted by Gasteiger charge is 2.11. The van der Waals surface area contributed by atoms with Crippen LogP contribution in [0, 0.1) is 11.7 Å². The summed E-state index contributed by atoms with van der Waals surface area (Å²) in [7, 11) is 0. The molecule has 4 rings (SSSR count). The van der Waals surface area contributed by atoms with Crippen LogP contribution < -0.4 is 15.4 Å². The third-order valence-electron chi connectivity index (χ3n) is 5.57. The summed E-state index contributed by atoms with van der Waals surface area (Å²) in [6.07, 6.45) is 0. The second kappa shape index (κ2) is 10.8. The number of amides is 1. The van der Waals surface area contributed by atoms with Crippen LogP contribution >= 0.6 is 0 Å². The van der Waals surface area contributed by atoms with E-state index in [9.17, 15) is 9.18 Å². The molecule has 4 aromatic rings. The van der Waals surface area contributed by atoms with Gasteiger partial charge in [-0.3, -0.25) is 4.79 Å². The van der Waals surface area contributed by atoms with E-state index in [2.05, 4.69) is 36.6 Å². The van der Waals surface area contributed by atoms with Crippen LogP contribution in [0.2, 0.25) is 0 Å². The molecule has 0 aliphatic carbocycles. The van der Waals surface area contributed by atoms with Crippen molar-refractivity contribution in [1.82, 2.24) is 5.32 Å². The zero-order valence-electron chi connectivity index (χ0n) is 19.5. The van der Waals surface area contributed by atoms with Crippen molar-refractivity contribution in [2.75, 3.05) is 11.9 Å². The summed E-state index contributed by atoms with van der Waals surface area (Å²) in [5.41, 5.74) is 3.40. The smallest absolute Gasteiger partial charge is 0.251 e. The average molecular weight is 457 g/mol. The van der Waals surface area contributed by atoms with E-state index in [0.717, 1.165) is 33.3 Å². The van der Waals surface area contributed by atoms with E-state index in [1.165, 1.54) is 12.1 Å². The number of carbonyl (C=O) groups excluding carboxylic acids is 1. The molecule has 0 saturated carbocycles. The largest absolute Gasteiger partial charge is 0.489 e. The lowest BCUT2D eigenvalue weighted by Crippen LogP contribution is -2.27. The van der Waals surface area contributed by atoms with Crippen LogP contribution in [0.1, 0.15) is 35.3 Å². The van der Waals surface area contributed by atoms with Gasteiger partial charge in [-0.25, -0.2) is 4.39 Å². The van der Waals surface area contributed by atoms with E-state index in [0.29, 0.717) is 31.2 Å². The number of hydrogen-bond acceptors (Lipinski definition) is 3. The average Bonchev–Trinajstić information content (AvgIpc) is 2.86. The van der Waals surface area contributed by atoms with Gasteiger partial charge in [0, 0.05) is 29.9 Å². The van der Waals surface area contributed by atoms with E-state index in [1.807, 2.05) is 48.5 Å². The molecule has 1 amide bonds. The molecule has 0 heterocycles. The fourth-order valence-electron chi connectivity index (χ4n) is 3.73. The van der Waals surface area contributed by atoms with Gasteiger partial charge < -0.3 is 15.4 Å². The van der Waals surface area contributed by atoms with Gasteiger partial charge in [0.1, 0.15) is 18.2 Å². The van der Waals surface area contributed by atoms with Crippen molar-refractivity contribution in [3.63, 3.8) is 0 Å². The van der Waals surface area contributed by atoms with E-state index in [1.54, 1.807) is 12.1 Å². The molecule has 0 aliphatic heterocycles. The normalized spacial score (nSPS) is 10.9. The Balaban J connectivity index is 1.53. The van der Waals surface area contributed by atoms with Gasteiger partial charge in [0.05, 0.1) is 0 Å². The zero-order valence-corrected chi connectivity index (χ0v) is 19.5. The van der Waals surface area contributed by atoms with Gasteiger partial charge >= 0.3 is 0 Å². The first kappa shape index (κ1) is 23.3. The molecule has 4 aromatic carbocycles. The lowest BCUT2D eigenvalue weighted by molar-refractivity contribution is 0.0949. The molecule has 0 radical (unpaired) electrons. The molecule has 2 N–H and O–H groups in total. The molecule has 0 fully saturated rings. The van der Waals surface area contributed by atoms with Crippen molar-refractivity contribution in [2.24, 2.45) is 5.92 Å². The summed E-state index contributed by atoms with van der Waals surface area (Å²) in [4.78, 5) is 12.5. The van der Waals surface area contributed by atoms with Crippen molar-refractivity contribution < 1.29 is 13.9 Å². The summed E-state index contributed by atoms with van der Waals surface area (Å²) in [5, 5.41) is 8.62. The maximum absolute atomic E-state index is 13.2. The molecule has 174 valence electrons. The molecule has 5 heteroatoms. The first-order valence-corrected chi connectivity index (χ1v) is 11.5. The fraction of sp³-hybridized carbons (Fsp3) is 0.207. The first-order valence-electron chi connectivity index (χ1n) is 11.5. The van der Waals surface area contributed by atoms with Crippen molar-refractivity contribution in [1.29, 1.82) is 0 Å². The SMILES string of the molecule is CC(C)CNC(=O)c1cccc(NCc2c(OCc3ccc(F)cc3)ccc3ccccc23)c1. The predicted octanol–water partition coefficient (Wildman–Crippen LogP) is 6.56. The van der Waals surface area contributed by atoms with Crippen molar-refractivity contribution in [2.45, 2.75) is 27.0 Å². The Morgan fingerprint density at radius 2 is 1.74 bits per heavy atom. The van der Waals surface area contributed by atoms with E-state index >= 15 is 0 Å². The van der Waals surface area contributed by atoms with Gasteiger partial charge in [-0.15, -0.1) is 0 Å². The number of carbonyl (C=O) groups is 1. The predicted molar refractivity (Wildman–Crippen MR) is 136 cm³/mol. The zero-order chi connectivity index (χ0) is 23.9. The number of ether oxygens (including phenoxy) is 1. The molecule has 34 heavy (non-hydrogen) atoms. The van der Waals surface area contributed by atoms with Gasteiger partial charge in [-0.05, 0) is 58.7 Å². The van der Waals surface area contributed by atoms with Crippen LogP contribution in [0.25, 0.3) is 10.8 Å². The van der Waals surface area contributed by atoms with Crippen LogP contribution in [0.4, 0.5) is 10.1 Å². The summed E-state index contributed by atoms with van der Waals surface area (Å²) in [5.74, 6) is 0.816. The van der Waals surface area contributed by atoms with Gasteiger partial charge in [0.15, 0.2) is 0 Å².